The number of thiocarbonyl (C=S) groups is 1. The summed E-state index contributed by atoms with van der Waals surface area (Å²) in [4.78, 5) is 0. The Morgan fingerprint density at radius 1 is 0.854 bits per heavy atom. The molecule has 0 aromatic heterocycles. The van der Waals surface area contributed by atoms with Gasteiger partial charge in [-0.2, -0.15) is 0 Å². The van der Waals surface area contributed by atoms with Gasteiger partial charge in [0.05, 0.1) is 0 Å². The Kier molecular flexibility index (Phi) is 13.3. The quantitative estimate of drug-likeness (QED) is 0.0898. The van der Waals surface area contributed by atoms with Crippen molar-refractivity contribution < 1.29 is 22.7 Å². The number of nitrogens with one attached hydrogen (secondary N) is 2. The van der Waals surface area contributed by atoms with Gasteiger partial charge in [0.2, 0.25) is 0 Å². The molecule has 0 amide bonds. The van der Waals surface area contributed by atoms with E-state index >= 15 is 0 Å². The first-order valence-corrected chi connectivity index (χ1v) is 17.8. The summed E-state index contributed by atoms with van der Waals surface area (Å²) in [5.74, 6) is 0.632. The van der Waals surface area contributed by atoms with Crippen LogP contribution in [0.4, 0.5) is 0 Å². The molecule has 0 aliphatic heterocycles. The van der Waals surface area contributed by atoms with Crippen LogP contribution in [0.15, 0.2) is 84.9 Å². The van der Waals surface area contributed by atoms with E-state index in [1.165, 1.54) is 4.67 Å². The molecule has 0 aliphatic carbocycles. The van der Waals surface area contributed by atoms with Gasteiger partial charge in [-0.3, -0.25) is 5.09 Å². The van der Waals surface area contributed by atoms with Crippen LogP contribution in [0.5, 0.6) is 17.2 Å². The van der Waals surface area contributed by atoms with E-state index in [9.17, 15) is 9.13 Å². The number of nitrogens with zero attached hydrogens (tertiary/aromatic N) is 1. The zero-order chi connectivity index (χ0) is 29.7. The zero-order valence-electron chi connectivity index (χ0n) is 22.9. The summed E-state index contributed by atoms with van der Waals surface area (Å²) in [6.07, 6.45) is 0.997. The van der Waals surface area contributed by atoms with Crippen molar-refractivity contribution in [2.45, 2.75) is 32.5 Å². The van der Waals surface area contributed by atoms with E-state index < -0.39 is 21.0 Å². The molecule has 3 aromatic rings. The van der Waals surface area contributed by atoms with E-state index in [0.717, 1.165) is 5.56 Å². The Bertz CT molecular complexity index is 1290. The maximum atomic E-state index is 14.5. The van der Waals surface area contributed by atoms with Crippen LogP contribution in [-0.4, -0.2) is 40.4 Å². The fourth-order valence-corrected chi connectivity index (χ4v) is 8.84. The largest absolute Gasteiger partial charge is 0.452 e. The third kappa shape index (κ3) is 9.92. The number of rotatable bonds is 16. The number of aryl methyl sites for hydroxylation is 1. The van der Waals surface area contributed by atoms with Crippen LogP contribution in [0.3, 0.4) is 0 Å². The molecule has 0 radical (unpaired) electrons. The molecule has 13 heteroatoms. The number of alkyl halides is 2. The molecule has 0 aliphatic rings. The summed E-state index contributed by atoms with van der Waals surface area (Å²) in [7, 11) is -7.85. The number of halogens is 2. The first-order chi connectivity index (χ1) is 19.7. The van der Waals surface area contributed by atoms with Crippen molar-refractivity contribution in [2.75, 3.05) is 24.8 Å². The Hall–Kier alpha value is -2.25. The SMILES string of the molecule is CCCC(NC(=S)NP(=O)(Oc1ccccc1C)N(CCCl)CCCl)P(=O)(Oc1ccccc1)Oc1ccccc1. The van der Waals surface area contributed by atoms with Gasteiger partial charge in [-0.05, 0) is 61.5 Å². The normalized spacial score (nSPS) is 13.6. The smallest absolute Gasteiger partial charge is 0.418 e. The number of benzene rings is 3. The summed E-state index contributed by atoms with van der Waals surface area (Å²) >= 11 is 17.7. The van der Waals surface area contributed by atoms with Gasteiger partial charge in [0.15, 0.2) is 10.9 Å². The third-order valence-corrected chi connectivity index (χ3v) is 10.7. The van der Waals surface area contributed by atoms with Crippen LogP contribution in [0.1, 0.15) is 25.3 Å². The van der Waals surface area contributed by atoms with E-state index in [1.807, 2.05) is 38.1 Å². The Labute approximate surface area is 257 Å². The van der Waals surface area contributed by atoms with Gasteiger partial charge in [-0.1, -0.05) is 67.9 Å². The molecule has 41 heavy (non-hydrogen) atoms. The highest BCUT2D eigenvalue weighted by molar-refractivity contribution is 7.81. The molecule has 8 nitrogen and oxygen atoms in total. The van der Waals surface area contributed by atoms with Crippen molar-refractivity contribution in [1.29, 1.82) is 0 Å². The molecule has 0 spiro atoms. The van der Waals surface area contributed by atoms with E-state index in [-0.39, 0.29) is 30.0 Å². The summed E-state index contributed by atoms with van der Waals surface area (Å²) < 4.78 is 48.6. The first-order valence-electron chi connectivity index (χ1n) is 13.1. The highest BCUT2D eigenvalue weighted by Crippen LogP contribution is 2.54. The first kappa shape index (κ1) is 33.3. The second-order valence-electron chi connectivity index (χ2n) is 8.95. The Morgan fingerprint density at radius 2 is 1.37 bits per heavy atom. The fourth-order valence-electron chi connectivity index (χ4n) is 3.81. The summed E-state index contributed by atoms with van der Waals surface area (Å²) in [6.45, 7) is 4.23. The maximum Gasteiger partial charge on any atom is 0.452 e. The van der Waals surface area contributed by atoms with Crippen LogP contribution in [0, 0.1) is 6.92 Å². The van der Waals surface area contributed by atoms with Crippen LogP contribution in [0.2, 0.25) is 0 Å². The summed E-state index contributed by atoms with van der Waals surface area (Å²) in [5, 5.41) is 5.86. The second-order valence-corrected chi connectivity index (χ2v) is 14.2. The molecule has 2 atom stereocenters. The molecular weight excluding hydrogens is 623 g/mol. The Morgan fingerprint density at radius 3 is 1.85 bits per heavy atom. The van der Waals surface area contributed by atoms with Gasteiger partial charge < -0.3 is 18.9 Å². The lowest BCUT2D eigenvalue weighted by Crippen LogP contribution is -2.45. The molecule has 0 heterocycles. The van der Waals surface area contributed by atoms with Gasteiger partial charge in [-0.25, -0.2) is 13.8 Å². The highest BCUT2D eigenvalue weighted by Gasteiger charge is 2.41. The van der Waals surface area contributed by atoms with Crippen molar-refractivity contribution in [3.63, 3.8) is 0 Å². The predicted molar refractivity (Wildman–Crippen MR) is 172 cm³/mol. The molecule has 3 rings (SSSR count). The van der Waals surface area contributed by atoms with Crippen LogP contribution in [-0.2, 0) is 9.13 Å². The van der Waals surface area contributed by atoms with Gasteiger partial charge in [0.25, 0.3) is 0 Å². The maximum absolute atomic E-state index is 14.5. The monoisotopic (exact) mass is 657 g/mol. The fraction of sp³-hybridized carbons (Fsp3) is 0.321. The average Bonchev–Trinajstić information content (AvgIpc) is 2.95. The van der Waals surface area contributed by atoms with Crippen LogP contribution in [0.25, 0.3) is 0 Å². The number of para-hydroxylation sites is 3. The molecule has 3 aromatic carbocycles. The average molecular weight is 659 g/mol. The van der Waals surface area contributed by atoms with Crippen molar-refractivity contribution in [3.8, 4) is 17.2 Å². The lowest BCUT2D eigenvalue weighted by molar-refractivity contribution is 0.359. The van der Waals surface area contributed by atoms with Gasteiger partial charge >= 0.3 is 15.3 Å². The van der Waals surface area contributed by atoms with Gasteiger partial charge in [0, 0.05) is 24.8 Å². The number of hydrogen-bond acceptors (Lipinski definition) is 6. The lowest BCUT2D eigenvalue weighted by atomic mass is 10.2. The summed E-state index contributed by atoms with van der Waals surface area (Å²) in [6, 6.07) is 24.7. The standard InChI is InChI=1S/C28H35Cl2N3O5P2S/c1-3-12-27(39(34,36-24-14-6-4-7-15-24)37-25-16-8-5-9-17-25)31-28(41)32-40(35,33(21-19-29)22-20-30)38-26-18-11-10-13-23(26)2/h4-11,13-18,27H,3,12,19-22H2,1-2H3,(H2,31,32,35,41). The van der Waals surface area contributed by atoms with Gasteiger partial charge in [0.1, 0.15) is 17.2 Å². The molecule has 0 bridgehead atoms. The van der Waals surface area contributed by atoms with Crippen LogP contribution >= 0.6 is 50.7 Å². The number of hydrogen-bond donors (Lipinski definition) is 2. The molecule has 0 saturated heterocycles. The van der Waals surface area contributed by atoms with Crippen molar-refractivity contribution in [2.24, 2.45) is 0 Å². The third-order valence-electron chi connectivity index (χ3n) is 5.81. The zero-order valence-corrected chi connectivity index (χ0v) is 27.1. The minimum Gasteiger partial charge on any atom is -0.418 e. The molecule has 2 unspecified atom stereocenters. The predicted octanol–water partition coefficient (Wildman–Crippen LogP) is 8.20. The minimum absolute atomic E-state index is 0.0527. The molecule has 0 saturated carbocycles. The van der Waals surface area contributed by atoms with Gasteiger partial charge in [-0.15, -0.1) is 23.2 Å². The molecule has 2 N–H and O–H groups in total. The summed E-state index contributed by atoms with van der Waals surface area (Å²) in [5.41, 5.74) is 0.783. The molecule has 0 fully saturated rings. The molecule has 222 valence electrons. The van der Waals surface area contributed by atoms with Crippen LogP contribution < -0.4 is 24.0 Å². The minimum atomic E-state index is -3.96. The van der Waals surface area contributed by atoms with Crippen molar-refractivity contribution in [1.82, 2.24) is 15.1 Å². The second kappa shape index (κ2) is 16.4. The molecular formula is C28H35Cl2N3O5P2S. The highest BCUT2D eigenvalue weighted by atomic mass is 35.5. The lowest BCUT2D eigenvalue weighted by Gasteiger charge is -2.33. The van der Waals surface area contributed by atoms with E-state index in [0.29, 0.717) is 30.1 Å². The topological polar surface area (TPSA) is 89.1 Å². The Balaban J connectivity index is 1.93. The van der Waals surface area contributed by atoms with Crippen molar-refractivity contribution >= 4 is 55.8 Å². The van der Waals surface area contributed by atoms with E-state index in [4.69, 9.17) is 49.0 Å². The van der Waals surface area contributed by atoms with Crippen molar-refractivity contribution in [3.05, 3.63) is 90.5 Å². The van der Waals surface area contributed by atoms with E-state index in [1.54, 1.807) is 60.7 Å². The van der Waals surface area contributed by atoms with E-state index in [2.05, 4.69) is 10.4 Å².